The number of aromatic nitrogens is 1. The van der Waals surface area contributed by atoms with Gasteiger partial charge in [0, 0.05) is 38.9 Å². The predicted octanol–water partition coefficient (Wildman–Crippen LogP) is 17.2. The fourth-order valence-electron chi connectivity index (χ4n) is 11.3. The number of nitrogens with zero attached hydrogens (tertiary/aromatic N) is 2. The third kappa shape index (κ3) is 6.09. The topological polar surface area (TPSA) is 8.17 Å². The van der Waals surface area contributed by atoms with E-state index in [4.69, 9.17) is 0 Å². The molecule has 0 saturated carbocycles. The molecule has 0 aliphatic heterocycles. The highest BCUT2D eigenvalue weighted by Gasteiger charge is 2.47. The predicted molar refractivity (Wildman–Crippen MR) is 280 cm³/mol. The van der Waals surface area contributed by atoms with E-state index in [2.05, 4.69) is 268 Å². The molecule has 0 radical (unpaired) electrons. The molecule has 11 aromatic rings. The number of rotatable bonds is 7. The van der Waals surface area contributed by atoms with Crippen molar-refractivity contribution in [3.8, 4) is 33.4 Å². The first-order valence-electron chi connectivity index (χ1n) is 23.2. The van der Waals surface area contributed by atoms with Crippen LogP contribution in [0.1, 0.15) is 48.6 Å². The van der Waals surface area contributed by atoms with Crippen LogP contribution in [0, 0.1) is 6.92 Å². The van der Waals surface area contributed by atoms with Gasteiger partial charge in [-0.05, 0) is 142 Å². The zero-order valence-electron chi connectivity index (χ0n) is 37.8. The molecule has 316 valence electrons. The van der Waals surface area contributed by atoms with Crippen LogP contribution in [0.3, 0.4) is 0 Å². The van der Waals surface area contributed by atoms with E-state index in [1.807, 2.05) is 0 Å². The van der Waals surface area contributed by atoms with E-state index < -0.39 is 5.41 Å². The monoisotopic (exact) mass is 846 g/mol. The normalized spacial score (nSPS) is 13.0. The van der Waals surface area contributed by atoms with E-state index in [1.54, 1.807) is 0 Å². The Balaban J connectivity index is 1.11. The van der Waals surface area contributed by atoms with E-state index in [0.29, 0.717) is 0 Å². The first-order valence-corrected chi connectivity index (χ1v) is 23.2. The van der Waals surface area contributed by atoms with Crippen LogP contribution in [-0.4, -0.2) is 4.57 Å². The Bertz CT molecular complexity index is 3570. The van der Waals surface area contributed by atoms with Gasteiger partial charge in [-0.3, -0.25) is 0 Å². The summed E-state index contributed by atoms with van der Waals surface area (Å²) < 4.78 is 2.52. The Morgan fingerprint density at radius 1 is 0.394 bits per heavy atom. The van der Waals surface area contributed by atoms with Crippen LogP contribution in [0.2, 0.25) is 0 Å². The van der Waals surface area contributed by atoms with Gasteiger partial charge in [0.2, 0.25) is 0 Å². The second-order valence-corrected chi connectivity index (χ2v) is 18.9. The quantitative estimate of drug-likeness (QED) is 0.155. The molecule has 0 spiro atoms. The van der Waals surface area contributed by atoms with Crippen molar-refractivity contribution in [3.05, 3.63) is 258 Å². The van der Waals surface area contributed by atoms with Crippen molar-refractivity contribution in [1.82, 2.24) is 4.57 Å². The molecule has 1 aromatic heterocycles. The maximum Gasteiger partial charge on any atom is 0.0714 e. The van der Waals surface area contributed by atoms with Gasteiger partial charge in [0.25, 0.3) is 0 Å². The zero-order valence-corrected chi connectivity index (χ0v) is 37.8. The average molecular weight is 847 g/mol. The molecular formula is C64H50N2. The molecule has 2 nitrogen and oxygen atoms in total. The van der Waals surface area contributed by atoms with Gasteiger partial charge < -0.3 is 9.47 Å². The number of para-hydroxylation sites is 1. The van der Waals surface area contributed by atoms with Gasteiger partial charge >= 0.3 is 0 Å². The second-order valence-electron chi connectivity index (χ2n) is 18.9. The van der Waals surface area contributed by atoms with Crippen LogP contribution < -0.4 is 4.90 Å². The summed E-state index contributed by atoms with van der Waals surface area (Å²) in [7, 11) is 0. The maximum absolute atomic E-state index is 2.52. The first kappa shape index (κ1) is 39.6. The first-order chi connectivity index (χ1) is 32.3. The Kier molecular flexibility index (Phi) is 9.22. The highest BCUT2D eigenvalue weighted by Crippen LogP contribution is 2.58. The van der Waals surface area contributed by atoms with Gasteiger partial charge in [0.1, 0.15) is 0 Å². The Labute approximate surface area is 387 Å². The maximum atomic E-state index is 2.52. The smallest absolute Gasteiger partial charge is 0.0714 e. The lowest BCUT2D eigenvalue weighted by Crippen LogP contribution is -2.28. The van der Waals surface area contributed by atoms with E-state index in [9.17, 15) is 0 Å². The van der Waals surface area contributed by atoms with Crippen molar-refractivity contribution < 1.29 is 0 Å². The van der Waals surface area contributed by atoms with E-state index >= 15 is 0 Å². The van der Waals surface area contributed by atoms with Crippen LogP contribution in [0.15, 0.2) is 231 Å². The van der Waals surface area contributed by atoms with Crippen molar-refractivity contribution in [1.29, 1.82) is 0 Å². The second kappa shape index (κ2) is 15.4. The number of anilines is 3. The lowest BCUT2D eigenvalue weighted by molar-refractivity contribution is 0.423. The van der Waals surface area contributed by atoms with Gasteiger partial charge in [0.15, 0.2) is 0 Å². The van der Waals surface area contributed by atoms with Gasteiger partial charge in [-0.15, -0.1) is 0 Å². The van der Waals surface area contributed by atoms with Crippen molar-refractivity contribution in [2.75, 3.05) is 4.90 Å². The molecule has 10 aromatic carbocycles. The average Bonchev–Trinajstić information content (AvgIpc) is 3.86. The molecule has 0 bridgehead atoms. The molecule has 66 heavy (non-hydrogen) atoms. The van der Waals surface area contributed by atoms with Gasteiger partial charge in [0.05, 0.1) is 10.9 Å². The fourth-order valence-corrected chi connectivity index (χ4v) is 11.3. The molecular weight excluding hydrogens is 797 g/mol. The molecule has 0 fully saturated rings. The summed E-state index contributed by atoms with van der Waals surface area (Å²) in [6.45, 7) is 9.20. The van der Waals surface area contributed by atoms with E-state index in [1.165, 1.54) is 93.8 Å². The van der Waals surface area contributed by atoms with Crippen molar-refractivity contribution in [3.63, 3.8) is 0 Å². The largest absolute Gasteiger partial charge is 0.335 e. The van der Waals surface area contributed by atoms with Crippen LogP contribution >= 0.6 is 0 Å². The summed E-state index contributed by atoms with van der Waals surface area (Å²) in [4.78, 5) is 2.48. The third-order valence-electron chi connectivity index (χ3n) is 14.0. The number of hydrogen-bond donors (Lipinski definition) is 0. The molecule has 0 N–H and O–H groups in total. The number of hydrogen-bond acceptors (Lipinski definition) is 1. The summed E-state index contributed by atoms with van der Waals surface area (Å²) >= 11 is 0. The number of fused-ring (bicyclic) bond motifs is 7. The molecule has 2 heteroatoms. The minimum atomic E-state index is -0.530. The Morgan fingerprint density at radius 2 is 0.970 bits per heavy atom. The molecule has 0 saturated heterocycles. The summed E-state index contributed by atoms with van der Waals surface area (Å²) in [6, 6.07) is 85.6. The minimum Gasteiger partial charge on any atom is -0.335 e. The molecule has 1 aliphatic rings. The van der Waals surface area contributed by atoms with E-state index in [-0.39, 0.29) is 5.54 Å². The lowest BCUT2D eigenvalue weighted by atomic mass is 9.67. The van der Waals surface area contributed by atoms with Crippen LogP contribution in [0.4, 0.5) is 17.1 Å². The Morgan fingerprint density at radius 3 is 1.68 bits per heavy atom. The molecule has 0 amide bonds. The lowest BCUT2D eigenvalue weighted by Gasteiger charge is -2.35. The van der Waals surface area contributed by atoms with Crippen molar-refractivity contribution in [2.24, 2.45) is 0 Å². The third-order valence-corrected chi connectivity index (χ3v) is 14.0. The molecule has 0 atom stereocenters. The molecule has 1 heterocycles. The SMILES string of the molecule is Cc1cccc2c1-c1ccc(N(c3ccc(-c4ccc5ccccc5c4-c4ccccc4)cc3)c3ccc4c5ccccc5n(C(C)(C)C)c4c3)cc1C2(c1ccccc1)c1ccccc1. The zero-order chi connectivity index (χ0) is 44.6. The van der Waals surface area contributed by atoms with Crippen molar-refractivity contribution in [2.45, 2.75) is 38.6 Å². The number of aryl methyl sites for hydroxylation is 1. The standard InChI is InChI=1S/C64H50N2/c1-43-19-18-29-57-61(43)56-40-37-50(41-58(56)64(57,47-23-10-6-11-24-47)48-25-12-7-13-26-48)65(51-36-39-55-54-28-16-17-30-59(54)66(60(55)42-51)63(2,3)4)49-34-31-45(32-35-49)53-38-33-44-20-14-15-27-52(44)62(53)46-21-8-5-9-22-46/h5-42H,1-4H3. The fraction of sp³-hybridized carbons (Fsp3) is 0.0938. The molecule has 12 rings (SSSR count). The molecule has 1 aliphatic carbocycles. The summed E-state index contributed by atoms with van der Waals surface area (Å²) in [5.74, 6) is 0. The van der Waals surface area contributed by atoms with Crippen LogP contribution in [0.5, 0.6) is 0 Å². The van der Waals surface area contributed by atoms with Crippen LogP contribution in [-0.2, 0) is 11.0 Å². The van der Waals surface area contributed by atoms with Crippen LogP contribution in [0.25, 0.3) is 66.0 Å². The summed E-state index contributed by atoms with van der Waals surface area (Å²) in [5, 5.41) is 5.03. The van der Waals surface area contributed by atoms with Gasteiger partial charge in [-0.1, -0.05) is 188 Å². The summed E-state index contributed by atoms with van der Waals surface area (Å²) in [6.07, 6.45) is 0. The van der Waals surface area contributed by atoms with Crippen molar-refractivity contribution >= 4 is 49.6 Å². The van der Waals surface area contributed by atoms with Gasteiger partial charge in [-0.25, -0.2) is 0 Å². The van der Waals surface area contributed by atoms with Gasteiger partial charge in [-0.2, -0.15) is 0 Å². The highest BCUT2D eigenvalue weighted by atomic mass is 15.1. The van der Waals surface area contributed by atoms with E-state index in [0.717, 1.165) is 17.1 Å². The highest BCUT2D eigenvalue weighted by molar-refractivity contribution is 6.10. The number of benzene rings is 10. The molecule has 0 unspecified atom stereocenters. The minimum absolute atomic E-state index is 0.148. The Hall–Kier alpha value is -7.94. The summed E-state index contributed by atoms with van der Waals surface area (Å²) in [5.41, 5.74) is 19.0.